The van der Waals surface area contributed by atoms with E-state index in [4.69, 9.17) is 4.74 Å². The quantitative estimate of drug-likeness (QED) is 0.808. The van der Waals surface area contributed by atoms with E-state index in [1.165, 1.54) is 0 Å². The van der Waals surface area contributed by atoms with Crippen LogP contribution in [0.25, 0.3) is 0 Å². The van der Waals surface area contributed by atoms with Crippen molar-refractivity contribution in [3.8, 4) is 5.75 Å². The highest BCUT2D eigenvalue weighted by molar-refractivity contribution is 5.77. The van der Waals surface area contributed by atoms with E-state index in [1.54, 1.807) is 6.92 Å². The first-order valence-electron chi connectivity index (χ1n) is 5.55. The molecular weight excluding hydrogens is 244 g/mol. The highest BCUT2D eigenvalue weighted by Gasteiger charge is 2.09. The molecule has 0 heterocycles. The van der Waals surface area contributed by atoms with Crippen LogP contribution < -0.4 is 10.1 Å². The van der Waals surface area contributed by atoms with Crippen LogP contribution in [0.2, 0.25) is 0 Å². The summed E-state index contributed by atoms with van der Waals surface area (Å²) in [6.07, 6.45) is -0.0928. The summed E-state index contributed by atoms with van der Waals surface area (Å²) in [5.41, 5.74) is 0. The smallest absolute Gasteiger partial charge is 0.258 e. The van der Waals surface area contributed by atoms with Crippen molar-refractivity contribution in [2.45, 2.75) is 19.4 Å². The number of rotatable bonds is 6. The van der Waals surface area contributed by atoms with Crippen molar-refractivity contribution in [1.29, 1.82) is 0 Å². The number of carbonyl (C=O) groups is 1. The molecule has 1 unspecified atom stereocenters. The van der Waals surface area contributed by atoms with Crippen molar-refractivity contribution in [2.75, 3.05) is 13.2 Å². The van der Waals surface area contributed by atoms with Crippen LogP contribution in [-0.2, 0) is 4.79 Å². The fourth-order valence-corrected chi connectivity index (χ4v) is 1.16. The van der Waals surface area contributed by atoms with Gasteiger partial charge in [-0.3, -0.25) is 4.79 Å². The molecule has 0 radical (unpaired) electrons. The van der Waals surface area contributed by atoms with E-state index >= 15 is 0 Å². The Bertz CT molecular complexity index is 412. The lowest BCUT2D eigenvalue weighted by Crippen LogP contribution is -2.35. The standard InChI is InChI=1S/C12H15F2NO3/c1-2-9(16)6-15-12(17)7-18-11-4-3-8(13)5-10(11)14/h3-5,9,16H,2,6-7H2,1H3,(H,15,17). The summed E-state index contributed by atoms with van der Waals surface area (Å²) in [4.78, 5) is 11.3. The summed E-state index contributed by atoms with van der Waals surface area (Å²) in [5, 5.41) is 11.6. The summed E-state index contributed by atoms with van der Waals surface area (Å²) in [6, 6.07) is 2.82. The molecule has 0 fully saturated rings. The van der Waals surface area contributed by atoms with E-state index in [1.807, 2.05) is 0 Å². The maximum Gasteiger partial charge on any atom is 0.258 e. The number of hydrogen-bond donors (Lipinski definition) is 2. The van der Waals surface area contributed by atoms with E-state index in [9.17, 15) is 18.7 Å². The predicted octanol–water partition coefficient (Wildman–Crippen LogP) is 1.23. The number of benzene rings is 1. The predicted molar refractivity (Wildman–Crippen MR) is 61.2 cm³/mol. The van der Waals surface area contributed by atoms with Crippen molar-refractivity contribution in [1.82, 2.24) is 5.32 Å². The Morgan fingerprint density at radius 3 is 2.83 bits per heavy atom. The Kier molecular flexibility index (Phi) is 5.51. The van der Waals surface area contributed by atoms with Gasteiger partial charge in [0.1, 0.15) is 5.82 Å². The molecule has 1 rings (SSSR count). The summed E-state index contributed by atoms with van der Waals surface area (Å²) in [5.74, 6) is -2.25. The molecule has 0 aliphatic heterocycles. The summed E-state index contributed by atoms with van der Waals surface area (Å²) < 4.78 is 30.6. The topological polar surface area (TPSA) is 58.6 Å². The van der Waals surface area contributed by atoms with E-state index in [2.05, 4.69) is 5.32 Å². The Balaban J connectivity index is 2.38. The minimum absolute atomic E-state index is 0.116. The maximum atomic E-state index is 13.1. The fourth-order valence-electron chi connectivity index (χ4n) is 1.16. The Morgan fingerprint density at radius 1 is 1.50 bits per heavy atom. The third-order valence-corrected chi connectivity index (χ3v) is 2.26. The first-order valence-corrected chi connectivity index (χ1v) is 5.55. The fraction of sp³-hybridized carbons (Fsp3) is 0.417. The van der Waals surface area contributed by atoms with Gasteiger partial charge in [-0.15, -0.1) is 0 Å². The van der Waals surface area contributed by atoms with E-state index < -0.39 is 23.6 Å². The molecule has 0 saturated heterocycles. The number of carbonyl (C=O) groups excluding carboxylic acids is 1. The second-order valence-corrected chi connectivity index (χ2v) is 3.73. The zero-order valence-corrected chi connectivity index (χ0v) is 9.95. The molecule has 0 aromatic heterocycles. The van der Waals surface area contributed by atoms with Gasteiger partial charge in [0.15, 0.2) is 18.2 Å². The van der Waals surface area contributed by atoms with Crippen LogP contribution in [0, 0.1) is 11.6 Å². The molecule has 6 heteroatoms. The molecule has 1 atom stereocenters. The Morgan fingerprint density at radius 2 is 2.22 bits per heavy atom. The molecule has 0 saturated carbocycles. The van der Waals surface area contributed by atoms with Gasteiger partial charge in [-0.2, -0.15) is 0 Å². The number of aliphatic hydroxyl groups is 1. The summed E-state index contributed by atoms with van der Waals surface area (Å²) in [7, 11) is 0. The lowest BCUT2D eigenvalue weighted by molar-refractivity contribution is -0.123. The number of hydrogen-bond acceptors (Lipinski definition) is 3. The second kappa shape index (κ2) is 6.90. The maximum absolute atomic E-state index is 13.1. The van der Waals surface area contributed by atoms with Crippen LogP contribution in [0.4, 0.5) is 8.78 Å². The number of amides is 1. The van der Waals surface area contributed by atoms with Gasteiger partial charge in [-0.1, -0.05) is 6.92 Å². The van der Waals surface area contributed by atoms with Crippen molar-refractivity contribution in [2.24, 2.45) is 0 Å². The van der Waals surface area contributed by atoms with Gasteiger partial charge < -0.3 is 15.2 Å². The Hall–Kier alpha value is -1.69. The first-order chi connectivity index (χ1) is 8.52. The molecule has 1 aromatic rings. The van der Waals surface area contributed by atoms with Crippen molar-refractivity contribution in [3.05, 3.63) is 29.8 Å². The third kappa shape index (κ3) is 4.67. The van der Waals surface area contributed by atoms with Crippen LogP contribution in [-0.4, -0.2) is 30.3 Å². The molecular formula is C12H15F2NO3. The van der Waals surface area contributed by atoms with Crippen LogP contribution in [0.15, 0.2) is 18.2 Å². The zero-order chi connectivity index (χ0) is 13.5. The van der Waals surface area contributed by atoms with Crippen LogP contribution in [0.5, 0.6) is 5.75 Å². The molecule has 1 amide bonds. The molecule has 0 bridgehead atoms. The highest BCUT2D eigenvalue weighted by atomic mass is 19.1. The van der Waals surface area contributed by atoms with Gasteiger partial charge in [-0.25, -0.2) is 8.78 Å². The first kappa shape index (κ1) is 14.4. The van der Waals surface area contributed by atoms with E-state index in [0.29, 0.717) is 12.5 Å². The lowest BCUT2D eigenvalue weighted by atomic mass is 10.3. The lowest BCUT2D eigenvalue weighted by Gasteiger charge is -2.10. The largest absolute Gasteiger partial charge is 0.481 e. The van der Waals surface area contributed by atoms with Crippen LogP contribution in [0.3, 0.4) is 0 Å². The van der Waals surface area contributed by atoms with E-state index in [0.717, 1.165) is 12.1 Å². The van der Waals surface area contributed by atoms with Gasteiger partial charge in [0.25, 0.3) is 5.91 Å². The number of aliphatic hydroxyl groups excluding tert-OH is 1. The summed E-state index contributed by atoms with van der Waals surface area (Å²) in [6.45, 7) is 1.50. The van der Waals surface area contributed by atoms with Crippen LogP contribution in [0.1, 0.15) is 13.3 Å². The molecule has 4 nitrogen and oxygen atoms in total. The minimum Gasteiger partial charge on any atom is -0.481 e. The number of halogens is 2. The minimum atomic E-state index is -0.864. The van der Waals surface area contributed by atoms with Gasteiger partial charge in [-0.05, 0) is 18.6 Å². The van der Waals surface area contributed by atoms with E-state index in [-0.39, 0.29) is 18.9 Å². The molecule has 0 aliphatic rings. The van der Waals surface area contributed by atoms with Gasteiger partial charge in [0.2, 0.25) is 0 Å². The molecule has 1 aromatic carbocycles. The SMILES string of the molecule is CCC(O)CNC(=O)COc1ccc(F)cc1F. The third-order valence-electron chi connectivity index (χ3n) is 2.26. The average Bonchev–Trinajstić information content (AvgIpc) is 2.34. The van der Waals surface area contributed by atoms with Crippen molar-refractivity contribution in [3.63, 3.8) is 0 Å². The molecule has 0 aliphatic carbocycles. The molecule has 100 valence electrons. The monoisotopic (exact) mass is 259 g/mol. The number of nitrogens with one attached hydrogen (secondary N) is 1. The van der Waals surface area contributed by atoms with Crippen molar-refractivity contribution >= 4 is 5.91 Å². The normalized spacial score (nSPS) is 12.0. The molecule has 18 heavy (non-hydrogen) atoms. The summed E-state index contributed by atoms with van der Waals surface area (Å²) >= 11 is 0. The highest BCUT2D eigenvalue weighted by Crippen LogP contribution is 2.17. The van der Waals surface area contributed by atoms with Gasteiger partial charge >= 0.3 is 0 Å². The zero-order valence-electron chi connectivity index (χ0n) is 9.95. The molecule has 0 spiro atoms. The van der Waals surface area contributed by atoms with Gasteiger partial charge in [0.05, 0.1) is 6.10 Å². The van der Waals surface area contributed by atoms with Crippen LogP contribution >= 0.6 is 0 Å². The second-order valence-electron chi connectivity index (χ2n) is 3.73. The van der Waals surface area contributed by atoms with Crippen molar-refractivity contribution < 1.29 is 23.4 Å². The molecule has 2 N–H and O–H groups in total. The number of ether oxygens (including phenoxy) is 1. The average molecular weight is 259 g/mol. The van der Waals surface area contributed by atoms with Gasteiger partial charge in [0, 0.05) is 12.6 Å². The Labute approximate surface area is 104 Å².